The van der Waals surface area contributed by atoms with Gasteiger partial charge in [-0.15, -0.1) is 0 Å². The molecule has 0 heterocycles. The summed E-state index contributed by atoms with van der Waals surface area (Å²) in [5.74, 6) is 0.722. The summed E-state index contributed by atoms with van der Waals surface area (Å²) in [7, 11) is 1.68. The van der Waals surface area contributed by atoms with Crippen molar-refractivity contribution in [2.75, 3.05) is 20.3 Å². The van der Waals surface area contributed by atoms with Crippen molar-refractivity contribution in [3.63, 3.8) is 0 Å². The van der Waals surface area contributed by atoms with Crippen molar-refractivity contribution in [3.8, 4) is 11.5 Å². The molecule has 0 radical (unpaired) electrons. The van der Waals surface area contributed by atoms with Gasteiger partial charge in [0, 0.05) is 19.2 Å². The average Bonchev–Trinajstić information content (AvgIpc) is 2.65. The van der Waals surface area contributed by atoms with Crippen LogP contribution in [0.25, 0.3) is 0 Å². The summed E-state index contributed by atoms with van der Waals surface area (Å²) < 4.78 is 11.0. The molecule has 0 saturated heterocycles. The molecule has 2 rings (SSSR count). The highest BCUT2D eigenvalue weighted by atomic mass is 16.5. The van der Waals surface area contributed by atoms with Gasteiger partial charge in [-0.3, -0.25) is 9.59 Å². The lowest BCUT2D eigenvalue weighted by Gasteiger charge is -2.18. The summed E-state index contributed by atoms with van der Waals surface area (Å²) in [6.45, 7) is 3.01. The summed E-state index contributed by atoms with van der Waals surface area (Å²) >= 11 is 0. The smallest absolute Gasteiger partial charge is 0.260 e. The van der Waals surface area contributed by atoms with Crippen LogP contribution in [0, 0.1) is 0 Å². The number of amides is 2. The number of carbonyl (C=O) groups excluding carboxylic acids is 2. The first-order valence-electron chi connectivity index (χ1n) is 8.48. The highest BCUT2D eigenvalue weighted by Crippen LogP contribution is 2.18. The fourth-order valence-corrected chi connectivity index (χ4v) is 2.29. The maximum atomic E-state index is 12.2. The molecule has 6 heteroatoms. The number of hydrogen-bond donors (Lipinski definition) is 1. The van der Waals surface area contributed by atoms with Crippen LogP contribution in [0.1, 0.15) is 29.3 Å². The zero-order valence-corrected chi connectivity index (χ0v) is 15.1. The van der Waals surface area contributed by atoms with E-state index in [4.69, 9.17) is 15.2 Å². The van der Waals surface area contributed by atoms with Gasteiger partial charge in [0.25, 0.3) is 5.91 Å². The fourth-order valence-electron chi connectivity index (χ4n) is 2.29. The molecule has 6 nitrogen and oxygen atoms in total. The van der Waals surface area contributed by atoms with Crippen LogP contribution in [-0.4, -0.2) is 37.0 Å². The van der Waals surface area contributed by atoms with Crippen LogP contribution in [0.4, 0.5) is 0 Å². The van der Waals surface area contributed by atoms with Crippen molar-refractivity contribution < 1.29 is 19.1 Å². The van der Waals surface area contributed by atoms with Gasteiger partial charge in [-0.1, -0.05) is 19.1 Å². The Labute approximate surface area is 153 Å². The van der Waals surface area contributed by atoms with Gasteiger partial charge in [0.2, 0.25) is 5.91 Å². The maximum Gasteiger partial charge on any atom is 0.260 e. The number of benzene rings is 2. The third kappa shape index (κ3) is 5.81. The normalized spacial score (nSPS) is 10.2. The van der Waals surface area contributed by atoms with Crippen LogP contribution in [-0.2, 0) is 11.3 Å². The van der Waals surface area contributed by atoms with Crippen LogP contribution in [0.5, 0.6) is 11.5 Å². The van der Waals surface area contributed by atoms with Gasteiger partial charge in [0.15, 0.2) is 6.61 Å². The van der Waals surface area contributed by atoms with Crippen molar-refractivity contribution in [2.24, 2.45) is 5.73 Å². The summed E-state index contributed by atoms with van der Waals surface area (Å²) in [6, 6.07) is 14.1. The molecular formula is C20H24N2O4. The number of hydrogen-bond acceptors (Lipinski definition) is 4. The molecule has 0 aromatic heterocycles. The largest absolute Gasteiger partial charge is 0.494 e. The number of nitrogens with zero attached hydrogens (tertiary/aromatic N) is 1. The van der Waals surface area contributed by atoms with Crippen molar-refractivity contribution in [2.45, 2.75) is 19.9 Å². The second-order valence-electron chi connectivity index (χ2n) is 5.92. The molecule has 138 valence electrons. The van der Waals surface area contributed by atoms with Gasteiger partial charge in [-0.05, 0) is 48.4 Å². The highest BCUT2D eigenvalue weighted by molar-refractivity contribution is 5.92. The summed E-state index contributed by atoms with van der Waals surface area (Å²) in [4.78, 5) is 25.0. The molecule has 0 aliphatic carbocycles. The fraction of sp³-hybridized carbons (Fsp3) is 0.300. The Morgan fingerprint density at radius 1 is 1.04 bits per heavy atom. The first-order valence-corrected chi connectivity index (χ1v) is 8.48. The number of nitrogens with two attached hydrogens (primary N) is 1. The molecule has 0 aliphatic rings. The van der Waals surface area contributed by atoms with E-state index in [0.29, 0.717) is 24.5 Å². The average molecular weight is 356 g/mol. The summed E-state index contributed by atoms with van der Waals surface area (Å²) in [6.07, 6.45) is 0.946. The van der Waals surface area contributed by atoms with Crippen LogP contribution in [0.3, 0.4) is 0 Å². The third-order valence-electron chi connectivity index (χ3n) is 3.72. The van der Waals surface area contributed by atoms with E-state index in [-0.39, 0.29) is 12.5 Å². The van der Waals surface area contributed by atoms with Crippen molar-refractivity contribution in [1.82, 2.24) is 4.90 Å². The Morgan fingerprint density at radius 3 is 2.31 bits per heavy atom. The molecule has 0 aliphatic heterocycles. The van der Waals surface area contributed by atoms with Crippen LogP contribution < -0.4 is 15.2 Å². The SMILES string of the molecule is CCCOc1ccc(OCC(=O)N(C)Cc2cccc(C(N)=O)c2)cc1. The zero-order chi connectivity index (χ0) is 18.9. The van der Waals surface area contributed by atoms with E-state index < -0.39 is 5.91 Å². The van der Waals surface area contributed by atoms with E-state index in [2.05, 4.69) is 0 Å². The predicted octanol–water partition coefficient (Wildman–Crippen LogP) is 2.61. The molecule has 0 spiro atoms. The van der Waals surface area contributed by atoms with Crippen molar-refractivity contribution in [3.05, 3.63) is 59.7 Å². The molecule has 0 atom stereocenters. The Morgan fingerprint density at radius 2 is 1.69 bits per heavy atom. The van der Waals surface area contributed by atoms with E-state index in [1.165, 1.54) is 0 Å². The van der Waals surface area contributed by atoms with E-state index in [9.17, 15) is 9.59 Å². The number of primary amides is 1. The van der Waals surface area contributed by atoms with Gasteiger partial charge < -0.3 is 20.1 Å². The first kappa shape index (κ1) is 19.3. The van der Waals surface area contributed by atoms with Gasteiger partial charge in [0.05, 0.1) is 6.61 Å². The third-order valence-corrected chi connectivity index (χ3v) is 3.72. The standard InChI is InChI=1S/C20H24N2O4/c1-3-11-25-17-7-9-18(10-8-17)26-14-19(23)22(2)13-15-5-4-6-16(12-15)20(21)24/h4-10,12H,3,11,13-14H2,1-2H3,(H2,21,24). The van der Waals surface area contributed by atoms with Crippen molar-refractivity contribution in [1.29, 1.82) is 0 Å². The molecule has 2 aromatic rings. The lowest BCUT2D eigenvalue weighted by molar-refractivity contribution is -0.132. The highest BCUT2D eigenvalue weighted by Gasteiger charge is 2.11. The second kappa shape index (κ2) is 9.46. The Bertz CT molecular complexity index is 744. The maximum absolute atomic E-state index is 12.2. The van der Waals surface area contributed by atoms with Gasteiger partial charge in [-0.25, -0.2) is 0 Å². The minimum atomic E-state index is -0.490. The molecule has 2 aromatic carbocycles. The molecule has 0 saturated carbocycles. The Kier molecular flexibility index (Phi) is 7.02. The quantitative estimate of drug-likeness (QED) is 0.749. The van der Waals surface area contributed by atoms with E-state index >= 15 is 0 Å². The molecule has 0 unspecified atom stereocenters. The number of likely N-dealkylation sites (N-methyl/N-ethyl adjacent to an activating group) is 1. The number of rotatable bonds is 9. The van der Waals surface area contributed by atoms with Crippen LogP contribution in [0.15, 0.2) is 48.5 Å². The predicted molar refractivity (Wildman–Crippen MR) is 99.2 cm³/mol. The lowest BCUT2D eigenvalue weighted by atomic mass is 10.1. The zero-order valence-electron chi connectivity index (χ0n) is 15.1. The minimum Gasteiger partial charge on any atom is -0.494 e. The number of carbonyl (C=O) groups is 2. The molecule has 2 N–H and O–H groups in total. The molecule has 0 fully saturated rings. The number of ether oxygens (including phenoxy) is 2. The monoisotopic (exact) mass is 356 g/mol. The van der Waals surface area contributed by atoms with E-state index in [1.54, 1.807) is 42.3 Å². The Balaban J connectivity index is 1.85. The van der Waals surface area contributed by atoms with Gasteiger partial charge >= 0.3 is 0 Å². The van der Waals surface area contributed by atoms with E-state index in [0.717, 1.165) is 17.7 Å². The molecule has 2 amide bonds. The van der Waals surface area contributed by atoms with Crippen LogP contribution in [0.2, 0.25) is 0 Å². The molecule has 26 heavy (non-hydrogen) atoms. The van der Waals surface area contributed by atoms with Crippen molar-refractivity contribution >= 4 is 11.8 Å². The molecular weight excluding hydrogens is 332 g/mol. The Hall–Kier alpha value is -3.02. The second-order valence-corrected chi connectivity index (χ2v) is 5.92. The summed E-state index contributed by atoms with van der Waals surface area (Å²) in [5.41, 5.74) is 6.52. The molecule has 0 bridgehead atoms. The van der Waals surface area contributed by atoms with Crippen LogP contribution >= 0.6 is 0 Å². The minimum absolute atomic E-state index is 0.0683. The van der Waals surface area contributed by atoms with E-state index in [1.807, 2.05) is 25.1 Å². The van der Waals surface area contributed by atoms with Gasteiger partial charge in [0.1, 0.15) is 11.5 Å². The van der Waals surface area contributed by atoms with Gasteiger partial charge in [-0.2, -0.15) is 0 Å². The lowest BCUT2D eigenvalue weighted by Crippen LogP contribution is -2.31. The summed E-state index contributed by atoms with van der Waals surface area (Å²) in [5, 5.41) is 0. The first-order chi connectivity index (χ1) is 12.5. The topological polar surface area (TPSA) is 81.9 Å².